The standard InChI is InChI=1S/C20H18O2S2/c1-20(22)15-6-4-3-5-12(15)19-14-7-11(10-23)18(24-2)8-13(14)17(21)9-16(19)20/h3-9,21-23H,10H2,1-2H3. The van der Waals surface area contributed by atoms with Gasteiger partial charge in [0, 0.05) is 16.0 Å². The van der Waals surface area contributed by atoms with Gasteiger partial charge in [0.05, 0.1) is 0 Å². The molecule has 0 fully saturated rings. The van der Waals surface area contributed by atoms with Crippen LogP contribution in [0.25, 0.3) is 21.9 Å². The van der Waals surface area contributed by atoms with Crippen LogP contribution in [0.5, 0.6) is 5.75 Å². The van der Waals surface area contributed by atoms with Crippen molar-refractivity contribution in [1.29, 1.82) is 0 Å². The number of hydrogen-bond acceptors (Lipinski definition) is 4. The first kappa shape index (κ1) is 15.9. The van der Waals surface area contributed by atoms with Crippen molar-refractivity contribution in [3.05, 3.63) is 59.2 Å². The van der Waals surface area contributed by atoms with Gasteiger partial charge >= 0.3 is 0 Å². The van der Waals surface area contributed by atoms with Crippen molar-refractivity contribution >= 4 is 35.2 Å². The van der Waals surface area contributed by atoms with Gasteiger partial charge in [-0.2, -0.15) is 12.6 Å². The maximum atomic E-state index is 11.1. The summed E-state index contributed by atoms with van der Waals surface area (Å²) in [5.41, 5.74) is 3.72. The molecule has 1 aliphatic rings. The maximum absolute atomic E-state index is 11.1. The highest BCUT2D eigenvalue weighted by atomic mass is 32.2. The molecule has 0 bridgehead atoms. The van der Waals surface area contributed by atoms with Crippen molar-refractivity contribution in [2.45, 2.75) is 23.2 Å². The number of hydrogen-bond donors (Lipinski definition) is 3. The Morgan fingerprint density at radius 1 is 1.08 bits per heavy atom. The Balaban J connectivity index is 2.18. The number of phenols is 1. The van der Waals surface area contributed by atoms with Crippen LogP contribution in [0.3, 0.4) is 0 Å². The van der Waals surface area contributed by atoms with E-state index in [9.17, 15) is 10.2 Å². The Morgan fingerprint density at radius 3 is 2.54 bits per heavy atom. The van der Waals surface area contributed by atoms with E-state index in [4.69, 9.17) is 0 Å². The molecular weight excluding hydrogens is 336 g/mol. The van der Waals surface area contributed by atoms with Gasteiger partial charge in [-0.3, -0.25) is 0 Å². The summed E-state index contributed by atoms with van der Waals surface area (Å²) >= 11 is 6.11. The van der Waals surface area contributed by atoms with E-state index in [0.29, 0.717) is 5.75 Å². The van der Waals surface area contributed by atoms with Crippen LogP contribution in [0.1, 0.15) is 23.6 Å². The van der Waals surface area contributed by atoms with Crippen LogP contribution < -0.4 is 0 Å². The Morgan fingerprint density at radius 2 is 1.83 bits per heavy atom. The molecule has 2 nitrogen and oxygen atoms in total. The van der Waals surface area contributed by atoms with E-state index in [1.165, 1.54) is 0 Å². The first-order chi connectivity index (χ1) is 11.5. The third-order valence-corrected chi connectivity index (χ3v) is 6.09. The van der Waals surface area contributed by atoms with E-state index in [2.05, 4.69) is 18.7 Å². The van der Waals surface area contributed by atoms with E-state index in [-0.39, 0.29) is 5.75 Å². The van der Waals surface area contributed by atoms with Crippen LogP contribution in [0.2, 0.25) is 0 Å². The summed E-state index contributed by atoms with van der Waals surface area (Å²) < 4.78 is 0. The highest BCUT2D eigenvalue weighted by molar-refractivity contribution is 7.98. The number of aromatic hydroxyl groups is 1. The Bertz CT molecular complexity index is 977. The molecule has 24 heavy (non-hydrogen) atoms. The molecule has 1 unspecified atom stereocenters. The summed E-state index contributed by atoms with van der Waals surface area (Å²) in [6.07, 6.45) is 2.03. The first-order valence-corrected chi connectivity index (χ1v) is 9.65. The molecule has 122 valence electrons. The third kappa shape index (κ3) is 2.03. The van der Waals surface area contributed by atoms with Gasteiger partial charge in [-0.1, -0.05) is 24.3 Å². The van der Waals surface area contributed by atoms with Gasteiger partial charge < -0.3 is 10.2 Å². The molecule has 0 heterocycles. The quantitative estimate of drug-likeness (QED) is 0.451. The molecule has 3 aromatic carbocycles. The van der Waals surface area contributed by atoms with Crippen molar-refractivity contribution < 1.29 is 10.2 Å². The minimum absolute atomic E-state index is 0.206. The zero-order valence-corrected chi connectivity index (χ0v) is 15.2. The molecule has 0 amide bonds. The fourth-order valence-corrected chi connectivity index (χ4v) is 4.73. The van der Waals surface area contributed by atoms with Gasteiger partial charge in [-0.05, 0) is 64.6 Å². The van der Waals surface area contributed by atoms with Crippen molar-refractivity contribution in [1.82, 2.24) is 0 Å². The van der Waals surface area contributed by atoms with Crippen LogP contribution in [0, 0.1) is 0 Å². The van der Waals surface area contributed by atoms with Gasteiger partial charge in [0.25, 0.3) is 0 Å². The second kappa shape index (κ2) is 5.45. The van der Waals surface area contributed by atoms with Crippen LogP contribution in [-0.2, 0) is 11.4 Å². The molecule has 0 spiro atoms. The molecular formula is C20H18O2S2. The molecule has 2 N–H and O–H groups in total. The molecule has 4 heteroatoms. The monoisotopic (exact) mass is 354 g/mol. The van der Waals surface area contributed by atoms with Crippen molar-refractivity contribution in [3.8, 4) is 16.9 Å². The van der Waals surface area contributed by atoms with Crippen molar-refractivity contribution in [2.24, 2.45) is 0 Å². The summed E-state index contributed by atoms with van der Waals surface area (Å²) in [6, 6.07) is 13.7. The van der Waals surface area contributed by atoms with Gasteiger partial charge in [0.1, 0.15) is 11.4 Å². The molecule has 0 saturated heterocycles. The molecule has 0 radical (unpaired) electrons. The number of benzene rings is 3. The Kier molecular flexibility index (Phi) is 3.60. The summed E-state index contributed by atoms with van der Waals surface area (Å²) in [6.45, 7) is 1.79. The van der Waals surface area contributed by atoms with Gasteiger partial charge in [-0.15, -0.1) is 11.8 Å². The number of phenolic OH excluding ortho intramolecular Hbond substituents is 1. The fraction of sp³-hybridized carbons (Fsp3) is 0.200. The molecule has 4 rings (SSSR count). The van der Waals surface area contributed by atoms with E-state index in [0.717, 1.165) is 43.5 Å². The second-order valence-electron chi connectivity index (χ2n) is 6.30. The number of rotatable bonds is 2. The van der Waals surface area contributed by atoms with Crippen molar-refractivity contribution in [2.75, 3.05) is 6.26 Å². The van der Waals surface area contributed by atoms with Crippen LogP contribution in [-0.4, -0.2) is 16.5 Å². The average Bonchev–Trinajstić information content (AvgIpc) is 2.82. The predicted molar refractivity (Wildman–Crippen MR) is 104 cm³/mol. The Labute approximate surface area is 150 Å². The third-order valence-electron chi connectivity index (χ3n) is 4.93. The number of aliphatic hydroxyl groups is 1. The average molecular weight is 354 g/mol. The lowest BCUT2D eigenvalue weighted by Crippen LogP contribution is -2.19. The molecule has 0 aliphatic heterocycles. The minimum Gasteiger partial charge on any atom is -0.507 e. The van der Waals surface area contributed by atoms with Gasteiger partial charge in [0.2, 0.25) is 0 Å². The zero-order valence-electron chi connectivity index (χ0n) is 13.5. The highest BCUT2D eigenvalue weighted by Crippen LogP contribution is 2.52. The lowest BCUT2D eigenvalue weighted by atomic mass is 9.91. The van der Waals surface area contributed by atoms with E-state index >= 15 is 0 Å². The maximum Gasteiger partial charge on any atom is 0.123 e. The van der Waals surface area contributed by atoms with Crippen molar-refractivity contribution in [3.63, 3.8) is 0 Å². The predicted octanol–water partition coefficient (Wildman–Crippen LogP) is 4.93. The van der Waals surface area contributed by atoms with Gasteiger partial charge in [-0.25, -0.2) is 0 Å². The molecule has 3 aromatic rings. The summed E-state index contributed by atoms with van der Waals surface area (Å²) in [5.74, 6) is 0.840. The Hall–Kier alpha value is -1.62. The number of thiol groups is 1. The van der Waals surface area contributed by atoms with Gasteiger partial charge in [0.15, 0.2) is 0 Å². The van der Waals surface area contributed by atoms with Crippen LogP contribution >= 0.6 is 24.4 Å². The van der Waals surface area contributed by atoms with Crippen LogP contribution in [0.4, 0.5) is 0 Å². The molecule has 1 atom stereocenters. The van der Waals surface area contributed by atoms with E-state index in [1.807, 2.05) is 36.6 Å². The summed E-state index contributed by atoms with van der Waals surface area (Å²) in [4.78, 5) is 1.12. The second-order valence-corrected chi connectivity index (χ2v) is 7.47. The largest absolute Gasteiger partial charge is 0.507 e. The van der Waals surface area contributed by atoms with E-state index in [1.54, 1.807) is 24.8 Å². The fourth-order valence-electron chi connectivity index (χ4n) is 3.73. The number of thioether (sulfide) groups is 1. The summed E-state index contributed by atoms with van der Waals surface area (Å²) in [5, 5.41) is 23.5. The number of fused-ring (bicyclic) bond motifs is 5. The van der Waals surface area contributed by atoms with Crippen LogP contribution in [0.15, 0.2) is 47.4 Å². The summed E-state index contributed by atoms with van der Waals surface area (Å²) in [7, 11) is 0. The lowest BCUT2D eigenvalue weighted by molar-refractivity contribution is 0.107. The van der Waals surface area contributed by atoms with E-state index < -0.39 is 5.60 Å². The zero-order chi connectivity index (χ0) is 17.1. The minimum atomic E-state index is -1.10. The lowest BCUT2D eigenvalue weighted by Gasteiger charge is -2.20. The smallest absolute Gasteiger partial charge is 0.123 e. The molecule has 0 aromatic heterocycles. The molecule has 0 saturated carbocycles. The SMILES string of the molecule is CSc1cc2c(O)cc3c(c2cc1CS)-c1ccccc1C3(C)O. The molecule has 1 aliphatic carbocycles. The topological polar surface area (TPSA) is 40.5 Å². The highest BCUT2D eigenvalue weighted by Gasteiger charge is 2.39. The normalized spacial score (nSPS) is 18.7. The first-order valence-electron chi connectivity index (χ1n) is 7.79.